The van der Waals surface area contributed by atoms with Gasteiger partial charge in [-0.3, -0.25) is 0 Å². The summed E-state index contributed by atoms with van der Waals surface area (Å²) in [5.41, 5.74) is 4.20. The smallest absolute Gasteiger partial charge is 0.0424 e. The number of nitrogens with one attached hydrogen (secondary N) is 1. The largest absolute Gasteiger partial charge is 0.313 e. The fourth-order valence-corrected chi connectivity index (χ4v) is 1.81. The second-order valence-electron chi connectivity index (χ2n) is 2.97. The molecule has 2 heteroatoms. The Balaban J connectivity index is 2.03. The summed E-state index contributed by atoms with van der Waals surface area (Å²) in [4.78, 5) is 0. The van der Waals surface area contributed by atoms with E-state index < -0.39 is 0 Å². The Morgan fingerprint density at radius 1 is 1.70 bits per heavy atom. The zero-order valence-corrected chi connectivity index (χ0v) is 6.17. The Kier molecular flexibility index (Phi) is 1.26. The summed E-state index contributed by atoms with van der Waals surface area (Å²) in [5.74, 6) is 1.58. The lowest BCUT2D eigenvalue weighted by Gasteiger charge is -2.31. The molecule has 0 aromatic heterocycles. The summed E-state index contributed by atoms with van der Waals surface area (Å²) in [5, 5.41) is 4.20. The number of rotatable bonds is 1. The Labute approximate surface area is 61.0 Å². The van der Waals surface area contributed by atoms with Gasteiger partial charge in [0.25, 0.3) is 0 Å². The van der Waals surface area contributed by atoms with E-state index in [-0.39, 0.29) is 0 Å². The third kappa shape index (κ3) is 0.681. The lowest BCUT2D eigenvalue weighted by atomic mass is 9.74. The predicted molar refractivity (Wildman–Crippen MR) is 41.8 cm³/mol. The van der Waals surface area contributed by atoms with Crippen LogP contribution in [0.1, 0.15) is 12.8 Å². The van der Waals surface area contributed by atoms with Crippen LogP contribution in [0, 0.1) is 11.8 Å². The van der Waals surface area contributed by atoms with Crippen LogP contribution < -0.4 is 5.43 Å². The lowest BCUT2D eigenvalue weighted by Crippen LogP contribution is -2.34. The minimum absolute atomic E-state index is 0.757. The quantitative estimate of drug-likeness (QED) is 0.424. The van der Waals surface area contributed by atoms with Crippen LogP contribution in [-0.4, -0.2) is 12.8 Å². The predicted octanol–water partition coefficient (Wildman–Crippen LogP) is 1.16. The molecule has 2 rings (SSSR count). The van der Waals surface area contributed by atoms with E-state index in [4.69, 9.17) is 0 Å². The van der Waals surface area contributed by atoms with Crippen LogP contribution in [0.25, 0.3) is 0 Å². The Morgan fingerprint density at radius 3 is 3.30 bits per heavy atom. The molecule has 10 heavy (non-hydrogen) atoms. The van der Waals surface area contributed by atoms with Gasteiger partial charge < -0.3 is 5.43 Å². The number of hydrogen-bond acceptors (Lipinski definition) is 2. The molecule has 0 saturated heterocycles. The third-order valence-corrected chi connectivity index (χ3v) is 2.42. The average Bonchev–Trinajstić information content (AvgIpc) is 2.26. The number of nitrogens with zero attached hydrogens (tertiary/aromatic N) is 1. The summed E-state index contributed by atoms with van der Waals surface area (Å²) in [7, 11) is 1.86. The molecule has 0 radical (unpaired) electrons. The van der Waals surface area contributed by atoms with E-state index >= 15 is 0 Å². The van der Waals surface area contributed by atoms with Gasteiger partial charge in [-0.25, -0.2) is 0 Å². The molecule has 0 heterocycles. The zero-order valence-electron chi connectivity index (χ0n) is 6.17. The van der Waals surface area contributed by atoms with Crippen molar-refractivity contribution in [3.8, 4) is 0 Å². The molecular formula is C8H12N2. The second kappa shape index (κ2) is 2.11. The first kappa shape index (κ1) is 5.96. The standard InChI is InChI=1S/C8H12N2/c1-9-10-8-5-6-3-2-4-7(6)8/h2-3,6-7,9H,4-5H2,1H3/b10-8-. The molecule has 54 valence electrons. The van der Waals surface area contributed by atoms with Gasteiger partial charge in [0.05, 0.1) is 0 Å². The van der Waals surface area contributed by atoms with Crippen LogP contribution in [0.3, 0.4) is 0 Å². The maximum atomic E-state index is 4.20. The van der Waals surface area contributed by atoms with Gasteiger partial charge in [0.2, 0.25) is 0 Å². The van der Waals surface area contributed by atoms with Crippen molar-refractivity contribution in [3.63, 3.8) is 0 Å². The van der Waals surface area contributed by atoms with Gasteiger partial charge in [-0.1, -0.05) is 12.2 Å². The highest BCUT2D eigenvalue weighted by Crippen LogP contribution is 2.39. The van der Waals surface area contributed by atoms with E-state index in [0.29, 0.717) is 0 Å². The van der Waals surface area contributed by atoms with Gasteiger partial charge in [0.15, 0.2) is 0 Å². The topological polar surface area (TPSA) is 24.4 Å². The first-order chi connectivity index (χ1) is 4.92. The van der Waals surface area contributed by atoms with E-state index in [1.54, 1.807) is 0 Å². The van der Waals surface area contributed by atoms with Crippen molar-refractivity contribution < 1.29 is 0 Å². The molecule has 0 amide bonds. The number of hydrazone groups is 1. The molecule has 2 aliphatic rings. The minimum Gasteiger partial charge on any atom is -0.313 e. The van der Waals surface area contributed by atoms with Gasteiger partial charge >= 0.3 is 0 Å². The van der Waals surface area contributed by atoms with Crippen molar-refractivity contribution in [2.45, 2.75) is 12.8 Å². The van der Waals surface area contributed by atoms with Crippen LogP contribution in [0.5, 0.6) is 0 Å². The average molecular weight is 136 g/mol. The maximum absolute atomic E-state index is 4.20. The minimum atomic E-state index is 0.757. The summed E-state index contributed by atoms with van der Waals surface area (Å²) < 4.78 is 0. The summed E-state index contributed by atoms with van der Waals surface area (Å²) in [6.07, 6.45) is 6.99. The molecule has 2 unspecified atom stereocenters. The molecule has 0 aromatic carbocycles. The zero-order chi connectivity index (χ0) is 6.97. The van der Waals surface area contributed by atoms with Crippen molar-refractivity contribution in [1.82, 2.24) is 5.43 Å². The van der Waals surface area contributed by atoms with E-state index in [9.17, 15) is 0 Å². The van der Waals surface area contributed by atoms with Crippen LogP contribution in [0.4, 0.5) is 0 Å². The molecule has 0 spiro atoms. The monoisotopic (exact) mass is 136 g/mol. The molecule has 2 aliphatic carbocycles. The van der Waals surface area contributed by atoms with Crippen molar-refractivity contribution in [2.24, 2.45) is 16.9 Å². The molecule has 2 nitrogen and oxygen atoms in total. The molecule has 2 atom stereocenters. The van der Waals surface area contributed by atoms with Gasteiger partial charge in [-0.15, -0.1) is 0 Å². The van der Waals surface area contributed by atoms with Gasteiger partial charge in [0.1, 0.15) is 0 Å². The molecule has 1 fully saturated rings. The SMILES string of the molecule is CN/N=C1/CC2C=CCC12. The van der Waals surface area contributed by atoms with E-state index in [1.807, 2.05) is 7.05 Å². The Hall–Kier alpha value is -0.790. The molecular weight excluding hydrogens is 124 g/mol. The van der Waals surface area contributed by atoms with Gasteiger partial charge in [0, 0.05) is 18.7 Å². The maximum Gasteiger partial charge on any atom is 0.0424 e. The first-order valence-electron chi connectivity index (χ1n) is 3.81. The molecule has 1 saturated carbocycles. The third-order valence-electron chi connectivity index (χ3n) is 2.42. The molecule has 0 bridgehead atoms. The highest BCUT2D eigenvalue weighted by atomic mass is 15.3. The summed E-state index contributed by atoms with van der Waals surface area (Å²) >= 11 is 0. The number of fused-ring (bicyclic) bond motifs is 1. The van der Waals surface area contributed by atoms with Crippen molar-refractivity contribution in [3.05, 3.63) is 12.2 Å². The fourth-order valence-electron chi connectivity index (χ4n) is 1.81. The van der Waals surface area contributed by atoms with Crippen molar-refractivity contribution >= 4 is 5.71 Å². The highest BCUT2D eigenvalue weighted by molar-refractivity contribution is 5.93. The number of allylic oxidation sites excluding steroid dienone is 2. The Bertz CT molecular complexity index is 193. The van der Waals surface area contributed by atoms with Crippen molar-refractivity contribution in [1.29, 1.82) is 0 Å². The van der Waals surface area contributed by atoms with Gasteiger partial charge in [-0.05, 0) is 18.8 Å². The Morgan fingerprint density at radius 2 is 2.60 bits per heavy atom. The van der Waals surface area contributed by atoms with E-state index in [1.165, 1.54) is 18.6 Å². The van der Waals surface area contributed by atoms with Crippen LogP contribution in [-0.2, 0) is 0 Å². The van der Waals surface area contributed by atoms with E-state index in [2.05, 4.69) is 22.7 Å². The van der Waals surface area contributed by atoms with E-state index in [0.717, 1.165) is 11.8 Å². The first-order valence-corrected chi connectivity index (χ1v) is 3.81. The normalized spacial score (nSPS) is 39.5. The summed E-state index contributed by atoms with van der Waals surface area (Å²) in [6.45, 7) is 0. The lowest BCUT2D eigenvalue weighted by molar-refractivity contribution is 0.462. The van der Waals surface area contributed by atoms with Crippen LogP contribution >= 0.6 is 0 Å². The van der Waals surface area contributed by atoms with Crippen molar-refractivity contribution in [2.75, 3.05) is 7.05 Å². The molecule has 0 aliphatic heterocycles. The molecule has 1 N–H and O–H groups in total. The highest BCUT2D eigenvalue weighted by Gasteiger charge is 2.37. The summed E-state index contributed by atoms with van der Waals surface area (Å²) in [6, 6.07) is 0. The van der Waals surface area contributed by atoms with Crippen LogP contribution in [0.2, 0.25) is 0 Å². The second-order valence-corrected chi connectivity index (χ2v) is 2.97. The molecule has 0 aromatic rings. The van der Waals surface area contributed by atoms with Gasteiger partial charge in [-0.2, -0.15) is 5.10 Å². The van der Waals surface area contributed by atoms with Crippen LogP contribution in [0.15, 0.2) is 17.3 Å². The number of hydrogen-bond donors (Lipinski definition) is 1. The fraction of sp³-hybridized carbons (Fsp3) is 0.625.